The van der Waals surface area contributed by atoms with Gasteiger partial charge in [0.25, 0.3) is 0 Å². The van der Waals surface area contributed by atoms with Crippen LogP contribution in [-0.2, 0) is 5.60 Å². The van der Waals surface area contributed by atoms with Crippen molar-refractivity contribution in [2.45, 2.75) is 30.9 Å². The van der Waals surface area contributed by atoms with Gasteiger partial charge in [0.1, 0.15) is 5.84 Å². The standard InChI is InChI=1S/C20H21ClN2O/c21-17-10-6-9-16(13-17)20(24,15-7-2-1-3-8-15)19-22-14-18-11-4-5-12-23(18)19/h1-3,6-10,13,18,24H,4-5,11-12,14H2. The zero-order valence-corrected chi connectivity index (χ0v) is 14.3. The maximum Gasteiger partial charge on any atom is 0.172 e. The van der Waals surface area contributed by atoms with E-state index in [1.165, 1.54) is 6.42 Å². The van der Waals surface area contributed by atoms with Gasteiger partial charge in [-0.05, 0) is 42.5 Å². The van der Waals surface area contributed by atoms with Crippen LogP contribution in [0.25, 0.3) is 0 Å². The summed E-state index contributed by atoms with van der Waals surface area (Å²) in [5.41, 5.74) is 0.335. The number of amidine groups is 1. The number of piperidine rings is 1. The quantitative estimate of drug-likeness (QED) is 0.921. The fourth-order valence-corrected chi connectivity index (χ4v) is 4.08. The SMILES string of the molecule is OC(C1=NCC2CCCCN12)(c1ccccc1)c1cccc(Cl)c1. The van der Waals surface area contributed by atoms with E-state index in [0.717, 1.165) is 42.9 Å². The van der Waals surface area contributed by atoms with Crippen molar-refractivity contribution in [1.29, 1.82) is 0 Å². The molecule has 2 atom stereocenters. The fraction of sp³-hybridized carbons (Fsp3) is 0.350. The largest absolute Gasteiger partial charge is 0.373 e. The van der Waals surface area contributed by atoms with Crippen molar-refractivity contribution in [2.75, 3.05) is 13.1 Å². The van der Waals surface area contributed by atoms with E-state index in [-0.39, 0.29) is 0 Å². The molecular weight excluding hydrogens is 320 g/mol. The smallest absolute Gasteiger partial charge is 0.172 e. The van der Waals surface area contributed by atoms with Crippen LogP contribution in [0, 0.1) is 0 Å². The predicted molar refractivity (Wildman–Crippen MR) is 97.5 cm³/mol. The first-order valence-electron chi connectivity index (χ1n) is 8.55. The lowest BCUT2D eigenvalue weighted by atomic mass is 9.84. The van der Waals surface area contributed by atoms with Gasteiger partial charge in [-0.15, -0.1) is 0 Å². The molecule has 2 unspecified atom stereocenters. The van der Waals surface area contributed by atoms with Gasteiger partial charge in [-0.25, -0.2) is 0 Å². The van der Waals surface area contributed by atoms with E-state index in [9.17, 15) is 5.11 Å². The summed E-state index contributed by atoms with van der Waals surface area (Å²) in [6.07, 6.45) is 3.54. The molecule has 1 saturated heterocycles. The number of benzene rings is 2. The zero-order chi connectivity index (χ0) is 16.6. The molecule has 2 aromatic rings. The van der Waals surface area contributed by atoms with E-state index in [4.69, 9.17) is 16.6 Å². The molecule has 1 fully saturated rings. The second-order valence-electron chi connectivity index (χ2n) is 6.59. The van der Waals surface area contributed by atoms with Crippen LogP contribution >= 0.6 is 11.6 Å². The van der Waals surface area contributed by atoms with Crippen LogP contribution in [0.5, 0.6) is 0 Å². The van der Waals surface area contributed by atoms with Gasteiger partial charge in [0.15, 0.2) is 5.60 Å². The maximum absolute atomic E-state index is 11.9. The van der Waals surface area contributed by atoms with Crippen LogP contribution in [0.4, 0.5) is 0 Å². The van der Waals surface area contributed by atoms with Gasteiger partial charge >= 0.3 is 0 Å². The molecular formula is C20H21ClN2O. The topological polar surface area (TPSA) is 35.8 Å². The Kier molecular flexibility index (Phi) is 4.07. The van der Waals surface area contributed by atoms with E-state index in [1.54, 1.807) is 0 Å². The molecule has 2 aromatic carbocycles. The third-order valence-electron chi connectivity index (χ3n) is 5.11. The maximum atomic E-state index is 11.9. The molecule has 0 saturated carbocycles. The van der Waals surface area contributed by atoms with Crippen molar-refractivity contribution in [3.63, 3.8) is 0 Å². The molecule has 2 aliphatic heterocycles. The Morgan fingerprint density at radius 1 is 1.04 bits per heavy atom. The lowest BCUT2D eigenvalue weighted by Gasteiger charge is -2.39. The Bertz CT molecular complexity index is 761. The van der Waals surface area contributed by atoms with E-state index in [0.29, 0.717) is 11.1 Å². The predicted octanol–water partition coefficient (Wildman–Crippen LogP) is 3.84. The molecule has 4 heteroatoms. The van der Waals surface area contributed by atoms with Crippen LogP contribution in [-0.4, -0.2) is 35.0 Å². The van der Waals surface area contributed by atoms with E-state index < -0.39 is 5.60 Å². The highest BCUT2D eigenvalue weighted by Crippen LogP contribution is 2.38. The molecule has 2 heterocycles. The minimum atomic E-state index is -1.27. The summed E-state index contributed by atoms with van der Waals surface area (Å²) in [4.78, 5) is 7.09. The van der Waals surface area contributed by atoms with Crippen LogP contribution in [0.3, 0.4) is 0 Å². The van der Waals surface area contributed by atoms with Crippen molar-refractivity contribution in [2.24, 2.45) is 4.99 Å². The minimum Gasteiger partial charge on any atom is -0.373 e. The summed E-state index contributed by atoms with van der Waals surface area (Å²) in [6, 6.07) is 17.7. The number of rotatable bonds is 3. The van der Waals surface area contributed by atoms with Crippen LogP contribution in [0.2, 0.25) is 5.02 Å². The van der Waals surface area contributed by atoms with Crippen molar-refractivity contribution in [3.05, 3.63) is 70.7 Å². The third-order valence-corrected chi connectivity index (χ3v) is 5.34. The molecule has 3 nitrogen and oxygen atoms in total. The first-order chi connectivity index (χ1) is 11.7. The number of aliphatic hydroxyl groups is 1. The summed E-state index contributed by atoms with van der Waals surface area (Å²) in [5.74, 6) is 0.765. The van der Waals surface area contributed by atoms with Crippen LogP contribution in [0.15, 0.2) is 59.6 Å². The Morgan fingerprint density at radius 3 is 2.62 bits per heavy atom. The minimum absolute atomic E-state index is 0.420. The highest BCUT2D eigenvalue weighted by Gasteiger charge is 2.45. The third kappa shape index (κ3) is 2.52. The van der Waals surface area contributed by atoms with Gasteiger partial charge in [-0.3, -0.25) is 4.99 Å². The zero-order valence-electron chi connectivity index (χ0n) is 13.5. The van der Waals surface area contributed by atoms with Gasteiger partial charge in [0.05, 0.1) is 6.54 Å². The van der Waals surface area contributed by atoms with Crippen molar-refractivity contribution >= 4 is 17.4 Å². The summed E-state index contributed by atoms with van der Waals surface area (Å²) >= 11 is 6.22. The van der Waals surface area contributed by atoms with Gasteiger partial charge < -0.3 is 10.0 Å². The Labute approximate surface area is 147 Å². The molecule has 4 rings (SSSR count). The number of aliphatic imine (C=N–C) groups is 1. The molecule has 0 radical (unpaired) electrons. The molecule has 0 spiro atoms. The number of halogens is 1. The summed E-state index contributed by atoms with van der Waals surface area (Å²) in [7, 11) is 0. The highest BCUT2D eigenvalue weighted by molar-refractivity contribution is 6.30. The Morgan fingerprint density at radius 2 is 1.83 bits per heavy atom. The fourth-order valence-electron chi connectivity index (χ4n) is 3.89. The monoisotopic (exact) mass is 340 g/mol. The second kappa shape index (κ2) is 6.23. The first-order valence-corrected chi connectivity index (χ1v) is 8.93. The van der Waals surface area contributed by atoms with Crippen molar-refractivity contribution in [1.82, 2.24) is 4.90 Å². The first kappa shape index (κ1) is 15.7. The molecule has 1 N–H and O–H groups in total. The lowest BCUT2D eigenvalue weighted by Crippen LogP contribution is -2.50. The molecule has 124 valence electrons. The lowest BCUT2D eigenvalue weighted by molar-refractivity contribution is 0.130. The molecule has 0 aromatic heterocycles. The molecule has 2 aliphatic rings. The van der Waals surface area contributed by atoms with Crippen LogP contribution < -0.4 is 0 Å². The van der Waals surface area contributed by atoms with Gasteiger partial charge in [-0.1, -0.05) is 54.1 Å². The van der Waals surface area contributed by atoms with Gasteiger partial charge in [0, 0.05) is 17.6 Å². The average Bonchev–Trinajstić information content (AvgIpc) is 3.06. The second-order valence-corrected chi connectivity index (χ2v) is 7.03. The molecule has 0 aliphatic carbocycles. The molecule has 0 amide bonds. The number of hydrogen-bond acceptors (Lipinski definition) is 3. The Balaban J connectivity index is 1.85. The summed E-state index contributed by atoms with van der Waals surface area (Å²) in [5, 5.41) is 12.5. The number of nitrogens with zero attached hydrogens (tertiary/aromatic N) is 2. The van der Waals surface area contributed by atoms with E-state index >= 15 is 0 Å². The summed E-state index contributed by atoms with van der Waals surface area (Å²) in [6.45, 7) is 1.73. The number of fused-ring (bicyclic) bond motifs is 1. The van der Waals surface area contributed by atoms with Crippen LogP contribution in [0.1, 0.15) is 30.4 Å². The molecule has 24 heavy (non-hydrogen) atoms. The van der Waals surface area contributed by atoms with Gasteiger partial charge in [0.2, 0.25) is 0 Å². The molecule has 0 bridgehead atoms. The highest BCUT2D eigenvalue weighted by atomic mass is 35.5. The van der Waals surface area contributed by atoms with Crippen molar-refractivity contribution in [3.8, 4) is 0 Å². The average molecular weight is 341 g/mol. The normalized spacial score (nSPS) is 22.7. The van der Waals surface area contributed by atoms with E-state index in [1.807, 2.05) is 54.6 Å². The summed E-state index contributed by atoms with van der Waals surface area (Å²) < 4.78 is 0. The van der Waals surface area contributed by atoms with E-state index in [2.05, 4.69) is 4.90 Å². The van der Waals surface area contributed by atoms with Gasteiger partial charge in [-0.2, -0.15) is 0 Å². The number of hydrogen-bond donors (Lipinski definition) is 1. The van der Waals surface area contributed by atoms with Crippen molar-refractivity contribution < 1.29 is 5.11 Å². The Hall–Kier alpha value is -1.84.